The summed E-state index contributed by atoms with van der Waals surface area (Å²) in [5, 5.41) is 14.0. The van der Waals surface area contributed by atoms with Crippen LogP contribution in [0.5, 0.6) is 0 Å². The predicted octanol–water partition coefficient (Wildman–Crippen LogP) is 5.74. The van der Waals surface area contributed by atoms with Crippen molar-refractivity contribution in [2.75, 3.05) is 5.32 Å². The van der Waals surface area contributed by atoms with Crippen LogP contribution in [-0.4, -0.2) is 33.6 Å². The van der Waals surface area contributed by atoms with E-state index >= 15 is 0 Å². The van der Waals surface area contributed by atoms with Gasteiger partial charge in [-0.1, -0.05) is 84.9 Å². The van der Waals surface area contributed by atoms with E-state index in [1.54, 1.807) is 24.3 Å². The highest BCUT2D eigenvalue weighted by atomic mass is 35.5. The molecule has 43 heavy (non-hydrogen) atoms. The highest BCUT2D eigenvalue weighted by Gasteiger charge is 2.73. The second-order valence-corrected chi connectivity index (χ2v) is 12.2. The standard InChI is InChI=1S/C33H23Cl2N3O5/c34-32-22-13-4-5-14-23(22)33(35,25-16-7-6-15-24(25)32)28-27(32)30(40)37(31(28)41)26(17-19-9-2-1-3-10-19)29(39)36-20-11-8-12-21(18-20)38(42)43/h1-16,18,26-28H,17H2,(H,36,39)/t26-,27+,28+,32?,33?/m0/s1. The summed E-state index contributed by atoms with van der Waals surface area (Å²) < 4.78 is 0. The van der Waals surface area contributed by atoms with Crippen LogP contribution in [0.25, 0.3) is 0 Å². The highest BCUT2D eigenvalue weighted by Crippen LogP contribution is 2.69. The fourth-order valence-electron chi connectivity index (χ4n) is 7.06. The van der Waals surface area contributed by atoms with Crippen LogP contribution < -0.4 is 5.32 Å². The number of hydrogen-bond donors (Lipinski definition) is 1. The zero-order chi connectivity index (χ0) is 30.1. The molecule has 1 heterocycles. The average molecular weight is 612 g/mol. The summed E-state index contributed by atoms with van der Waals surface area (Å²) in [6.07, 6.45) is 0.0169. The number of carbonyl (C=O) groups excluding carboxylic acids is 3. The third kappa shape index (κ3) is 3.79. The minimum absolute atomic E-state index is 0.0169. The number of nitro groups is 1. The van der Waals surface area contributed by atoms with Crippen molar-refractivity contribution in [2.45, 2.75) is 22.2 Å². The molecule has 0 saturated carbocycles. The van der Waals surface area contributed by atoms with Gasteiger partial charge in [0.2, 0.25) is 17.7 Å². The van der Waals surface area contributed by atoms with Gasteiger partial charge in [-0.25, -0.2) is 0 Å². The van der Waals surface area contributed by atoms with E-state index in [4.69, 9.17) is 23.2 Å². The van der Waals surface area contributed by atoms with Crippen molar-refractivity contribution < 1.29 is 19.3 Å². The summed E-state index contributed by atoms with van der Waals surface area (Å²) in [6.45, 7) is 0. The van der Waals surface area contributed by atoms with Crippen molar-refractivity contribution in [3.8, 4) is 0 Å². The first-order chi connectivity index (χ1) is 20.7. The van der Waals surface area contributed by atoms with Gasteiger partial charge in [0.1, 0.15) is 15.8 Å². The number of nitrogens with zero attached hydrogens (tertiary/aromatic N) is 2. The SMILES string of the molecule is O=C(Nc1cccc([N+](=O)[O-])c1)[C@H](Cc1ccccc1)N1C(=O)[C@H]2[C@H](C1=O)C1(Cl)c3ccccc3C2(Cl)c2ccccc21. The smallest absolute Gasteiger partial charge is 0.271 e. The van der Waals surface area contributed by atoms with E-state index in [1.807, 2.05) is 54.6 Å². The summed E-state index contributed by atoms with van der Waals surface area (Å²) in [4.78, 5) is 52.0. The lowest BCUT2D eigenvalue weighted by atomic mass is 9.54. The maximum Gasteiger partial charge on any atom is 0.271 e. The summed E-state index contributed by atoms with van der Waals surface area (Å²) in [7, 11) is 0. The van der Waals surface area contributed by atoms with Crippen molar-refractivity contribution in [3.05, 3.63) is 141 Å². The molecular formula is C33H23Cl2N3O5. The Morgan fingerprint density at radius 1 is 0.791 bits per heavy atom. The zero-order valence-corrected chi connectivity index (χ0v) is 24.0. The molecule has 8 nitrogen and oxygen atoms in total. The van der Waals surface area contributed by atoms with Crippen LogP contribution in [0.3, 0.4) is 0 Å². The predicted molar refractivity (Wildman–Crippen MR) is 161 cm³/mol. The first kappa shape index (κ1) is 27.3. The second-order valence-electron chi connectivity index (χ2n) is 11.0. The van der Waals surface area contributed by atoms with Gasteiger partial charge in [-0.15, -0.1) is 23.2 Å². The maximum atomic E-state index is 14.5. The van der Waals surface area contributed by atoms with Crippen molar-refractivity contribution in [3.63, 3.8) is 0 Å². The van der Waals surface area contributed by atoms with Gasteiger partial charge in [0, 0.05) is 24.2 Å². The number of rotatable bonds is 6. The highest BCUT2D eigenvalue weighted by molar-refractivity contribution is 6.36. The molecule has 3 amide bonds. The Balaban J connectivity index is 1.35. The second kappa shape index (κ2) is 9.76. The Labute approximate surface area is 256 Å². The van der Waals surface area contributed by atoms with Gasteiger partial charge in [0.15, 0.2) is 0 Å². The van der Waals surface area contributed by atoms with Crippen LogP contribution in [0, 0.1) is 22.0 Å². The lowest BCUT2D eigenvalue weighted by Gasteiger charge is -2.54. The lowest BCUT2D eigenvalue weighted by Crippen LogP contribution is -2.57. The number of nitro benzene ring substituents is 1. The molecule has 3 atom stereocenters. The van der Waals surface area contributed by atoms with Crippen molar-refractivity contribution in [2.24, 2.45) is 11.8 Å². The Morgan fingerprint density at radius 2 is 1.28 bits per heavy atom. The molecule has 0 spiro atoms. The Morgan fingerprint density at radius 3 is 1.77 bits per heavy atom. The largest absolute Gasteiger partial charge is 0.324 e. The van der Waals surface area contributed by atoms with Gasteiger partial charge in [-0.05, 0) is 33.9 Å². The molecule has 1 saturated heterocycles. The number of hydrogen-bond acceptors (Lipinski definition) is 5. The quantitative estimate of drug-likeness (QED) is 0.129. The van der Waals surface area contributed by atoms with Crippen molar-refractivity contribution in [1.82, 2.24) is 4.90 Å². The number of benzene rings is 4. The summed E-state index contributed by atoms with van der Waals surface area (Å²) in [6, 6.07) is 27.9. The third-order valence-electron chi connectivity index (χ3n) is 8.83. The third-order valence-corrected chi connectivity index (χ3v) is 10.1. The normalized spacial score (nSPS) is 25.5. The first-order valence-electron chi connectivity index (χ1n) is 13.7. The number of carbonyl (C=O) groups is 3. The van der Waals surface area contributed by atoms with Crippen LogP contribution in [0.4, 0.5) is 11.4 Å². The number of anilines is 1. The van der Waals surface area contributed by atoms with Gasteiger partial charge in [0.05, 0.1) is 16.8 Å². The molecule has 3 aliphatic carbocycles. The molecule has 10 heteroatoms. The molecule has 4 aliphatic rings. The Hall–Kier alpha value is -4.53. The van der Waals surface area contributed by atoms with E-state index in [0.717, 1.165) is 4.90 Å². The topological polar surface area (TPSA) is 110 Å². The number of halogens is 2. The van der Waals surface area contributed by atoms with E-state index in [0.29, 0.717) is 27.8 Å². The zero-order valence-electron chi connectivity index (χ0n) is 22.4. The molecule has 1 aliphatic heterocycles. The van der Waals surface area contributed by atoms with Crippen LogP contribution in [-0.2, 0) is 30.6 Å². The van der Waals surface area contributed by atoms with Crippen LogP contribution >= 0.6 is 23.2 Å². The molecule has 8 rings (SSSR count). The number of nitrogens with one attached hydrogen (secondary N) is 1. The van der Waals surface area contributed by atoms with E-state index in [2.05, 4.69) is 5.32 Å². The Kier molecular flexibility index (Phi) is 6.20. The minimum atomic E-state index is -1.39. The van der Waals surface area contributed by atoms with E-state index in [9.17, 15) is 24.5 Å². The molecule has 4 aromatic carbocycles. The minimum Gasteiger partial charge on any atom is -0.324 e. The molecule has 0 unspecified atom stereocenters. The van der Waals surface area contributed by atoms with Gasteiger partial charge < -0.3 is 5.32 Å². The van der Waals surface area contributed by atoms with Gasteiger partial charge in [0.25, 0.3) is 5.69 Å². The lowest BCUT2D eigenvalue weighted by molar-refractivity contribution is -0.384. The van der Waals surface area contributed by atoms with Gasteiger partial charge in [-0.2, -0.15) is 0 Å². The van der Waals surface area contributed by atoms with E-state index in [-0.39, 0.29) is 17.8 Å². The summed E-state index contributed by atoms with van der Waals surface area (Å²) in [5.41, 5.74) is 3.32. The molecule has 4 aromatic rings. The van der Waals surface area contributed by atoms with Crippen molar-refractivity contribution >= 4 is 52.3 Å². The number of amides is 3. The van der Waals surface area contributed by atoms with Crippen LogP contribution in [0.15, 0.2) is 103 Å². The summed E-state index contributed by atoms with van der Waals surface area (Å²) >= 11 is 15.1. The fraction of sp³-hybridized carbons (Fsp3) is 0.182. The molecule has 0 aromatic heterocycles. The maximum absolute atomic E-state index is 14.5. The average Bonchev–Trinajstić information content (AvgIpc) is 3.29. The molecule has 2 bridgehead atoms. The molecular weight excluding hydrogens is 589 g/mol. The Bertz CT molecular complexity index is 1720. The number of likely N-dealkylation sites (tertiary alicyclic amines) is 1. The first-order valence-corrected chi connectivity index (χ1v) is 14.5. The molecule has 1 N–H and O–H groups in total. The van der Waals surface area contributed by atoms with E-state index < -0.39 is 50.3 Å². The molecule has 0 radical (unpaired) electrons. The van der Waals surface area contributed by atoms with Crippen LogP contribution in [0.1, 0.15) is 27.8 Å². The van der Waals surface area contributed by atoms with Gasteiger partial charge >= 0.3 is 0 Å². The van der Waals surface area contributed by atoms with Gasteiger partial charge in [-0.3, -0.25) is 29.4 Å². The van der Waals surface area contributed by atoms with Crippen molar-refractivity contribution in [1.29, 1.82) is 0 Å². The summed E-state index contributed by atoms with van der Waals surface area (Å²) in [5.74, 6) is -3.97. The number of imide groups is 1. The number of non-ortho nitro benzene ring substituents is 1. The van der Waals surface area contributed by atoms with Crippen LogP contribution in [0.2, 0.25) is 0 Å². The van der Waals surface area contributed by atoms with E-state index in [1.165, 1.54) is 24.3 Å². The number of alkyl halides is 2. The molecule has 1 fully saturated rings. The monoisotopic (exact) mass is 611 g/mol. The fourth-order valence-corrected chi connectivity index (χ4v) is 8.16. The molecule has 214 valence electrons.